The topological polar surface area (TPSA) is 66.5 Å². The number of aryl methyl sites for hydroxylation is 2. The predicted octanol–water partition coefficient (Wildman–Crippen LogP) is 3.48. The molecule has 7 heteroatoms. The molecule has 0 saturated heterocycles. The average molecular weight is 318 g/mol. The lowest BCUT2D eigenvalue weighted by Gasteiger charge is -2.04. The van der Waals surface area contributed by atoms with E-state index >= 15 is 0 Å². The van der Waals surface area contributed by atoms with Gasteiger partial charge in [-0.15, -0.1) is 0 Å². The third-order valence-electron chi connectivity index (χ3n) is 3.30. The Morgan fingerprint density at radius 1 is 1.48 bits per heavy atom. The van der Waals surface area contributed by atoms with Gasteiger partial charge in [0.2, 0.25) is 0 Å². The number of fused-ring (bicyclic) bond motifs is 1. The van der Waals surface area contributed by atoms with Crippen molar-refractivity contribution in [2.24, 2.45) is 7.05 Å². The minimum Gasteiger partial charge on any atom is -0.367 e. The average Bonchev–Trinajstić information content (AvgIpc) is 2.97. The van der Waals surface area contributed by atoms with Gasteiger partial charge in [-0.3, -0.25) is 0 Å². The summed E-state index contributed by atoms with van der Waals surface area (Å²) in [6.45, 7) is 2.56. The van der Waals surface area contributed by atoms with Crippen LogP contribution in [0.4, 0.5) is 5.00 Å². The van der Waals surface area contributed by atoms with E-state index in [1.807, 2.05) is 18.5 Å². The number of imidazole rings is 1. The Morgan fingerprint density at radius 2 is 2.29 bits per heavy atom. The van der Waals surface area contributed by atoms with Gasteiger partial charge < -0.3 is 9.88 Å². The van der Waals surface area contributed by atoms with Crippen molar-refractivity contribution in [3.05, 3.63) is 40.3 Å². The largest absolute Gasteiger partial charge is 0.367 e. The molecule has 1 aromatic carbocycles. The maximum atomic E-state index is 9.06. The molecule has 0 aliphatic heterocycles. The van der Waals surface area contributed by atoms with Gasteiger partial charge in [0.1, 0.15) is 22.5 Å². The van der Waals surface area contributed by atoms with Gasteiger partial charge in [0.25, 0.3) is 0 Å². The second-order valence-electron chi connectivity index (χ2n) is 4.72. The quantitative estimate of drug-likeness (QED) is 0.803. The first kappa shape index (κ1) is 13.9. The van der Waals surface area contributed by atoms with E-state index in [4.69, 9.17) is 16.9 Å². The number of hydrogen-bond donors (Lipinski definition) is 1. The first-order valence-corrected chi connectivity index (χ1v) is 7.46. The van der Waals surface area contributed by atoms with Crippen molar-refractivity contribution in [2.75, 3.05) is 5.32 Å². The van der Waals surface area contributed by atoms with E-state index < -0.39 is 0 Å². The van der Waals surface area contributed by atoms with E-state index in [0.717, 1.165) is 16.9 Å². The molecule has 0 spiro atoms. The number of nitrogens with zero attached hydrogens (tertiary/aromatic N) is 4. The zero-order chi connectivity index (χ0) is 15.0. The minimum atomic E-state index is 0.241. The van der Waals surface area contributed by atoms with Crippen LogP contribution in [0.3, 0.4) is 0 Å². The normalized spacial score (nSPS) is 10.8. The summed E-state index contributed by atoms with van der Waals surface area (Å²) in [4.78, 5) is 4.62. The summed E-state index contributed by atoms with van der Waals surface area (Å²) in [7, 11) is 1.98. The lowest BCUT2D eigenvalue weighted by molar-refractivity contribution is 0.835. The Bertz CT molecular complexity index is 858. The molecule has 1 N–H and O–H groups in total. The fourth-order valence-electron chi connectivity index (χ4n) is 2.17. The molecule has 0 atom stereocenters. The number of aromatic nitrogens is 3. The van der Waals surface area contributed by atoms with Gasteiger partial charge in [0, 0.05) is 7.05 Å². The standard InChI is InChI=1S/C14H12ClN5S/c1-8-3-4-11-10(5-8)18-12(20(11)2)7-17-14-9(6-16)13(15)19-21-14/h3-5,17H,7H2,1-2H3. The van der Waals surface area contributed by atoms with E-state index in [1.165, 1.54) is 17.1 Å². The number of halogens is 1. The minimum absolute atomic E-state index is 0.241. The molecule has 21 heavy (non-hydrogen) atoms. The molecule has 2 aromatic heterocycles. The Morgan fingerprint density at radius 3 is 3.05 bits per heavy atom. The summed E-state index contributed by atoms with van der Waals surface area (Å²) in [5, 5.41) is 13.2. The van der Waals surface area contributed by atoms with Crippen LogP contribution in [0.15, 0.2) is 18.2 Å². The summed E-state index contributed by atoms with van der Waals surface area (Å²) < 4.78 is 6.01. The fraction of sp³-hybridized carbons (Fsp3) is 0.214. The lowest BCUT2D eigenvalue weighted by atomic mass is 10.2. The highest BCUT2D eigenvalue weighted by Gasteiger charge is 2.13. The highest BCUT2D eigenvalue weighted by atomic mass is 35.5. The number of nitrogens with one attached hydrogen (secondary N) is 1. The molecule has 0 fully saturated rings. The van der Waals surface area contributed by atoms with Gasteiger partial charge in [-0.2, -0.15) is 9.64 Å². The monoisotopic (exact) mass is 317 g/mol. The molecule has 0 unspecified atom stereocenters. The van der Waals surface area contributed by atoms with Crippen molar-refractivity contribution in [2.45, 2.75) is 13.5 Å². The van der Waals surface area contributed by atoms with Crippen LogP contribution in [0.5, 0.6) is 0 Å². The number of nitriles is 1. The maximum Gasteiger partial charge on any atom is 0.162 e. The van der Waals surface area contributed by atoms with Crippen LogP contribution in [0.1, 0.15) is 17.0 Å². The van der Waals surface area contributed by atoms with Crippen molar-refractivity contribution in [3.8, 4) is 6.07 Å². The Kier molecular flexibility index (Phi) is 3.53. The highest BCUT2D eigenvalue weighted by Crippen LogP contribution is 2.28. The fourth-order valence-corrected chi connectivity index (χ4v) is 3.09. The van der Waals surface area contributed by atoms with Crippen LogP contribution < -0.4 is 5.32 Å². The molecule has 0 bridgehead atoms. The third kappa shape index (κ3) is 2.46. The van der Waals surface area contributed by atoms with Crippen LogP contribution >= 0.6 is 23.1 Å². The molecule has 0 aliphatic carbocycles. The van der Waals surface area contributed by atoms with Crippen molar-refractivity contribution < 1.29 is 0 Å². The maximum absolute atomic E-state index is 9.06. The predicted molar refractivity (Wildman–Crippen MR) is 84.6 cm³/mol. The Labute approximate surface area is 131 Å². The molecule has 0 saturated carbocycles. The van der Waals surface area contributed by atoms with Gasteiger partial charge >= 0.3 is 0 Å². The first-order valence-electron chi connectivity index (χ1n) is 6.31. The molecule has 0 aliphatic rings. The van der Waals surface area contributed by atoms with Gasteiger partial charge in [0.15, 0.2) is 5.15 Å². The molecular formula is C14H12ClN5S. The first-order chi connectivity index (χ1) is 10.1. The third-order valence-corrected chi connectivity index (χ3v) is 4.48. The molecule has 3 aromatic rings. The Balaban J connectivity index is 1.89. The number of benzene rings is 1. The molecule has 3 rings (SSSR count). The number of rotatable bonds is 3. The van der Waals surface area contributed by atoms with E-state index in [2.05, 4.69) is 38.9 Å². The van der Waals surface area contributed by atoms with Gasteiger partial charge in [-0.25, -0.2) is 4.98 Å². The van der Waals surface area contributed by atoms with Crippen LogP contribution in [-0.2, 0) is 13.6 Å². The second kappa shape index (κ2) is 5.35. The zero-order valence-electron chi connectivity index (χ0n) is 11.5. The van der Waals surface area contributed by atoms with Crippen molar-refractivity contribution in [1.29, 1.82) is 5.26 Å². The summed E-state index contributed by atoms with van der Waals surface area (Å²) in [6, 6.07) is 8.24. The second-order valence-corrected chi connectivity index (χ2v) is 5.85. The van der Waals surface area contributed by atoms with E-state index in [1.54, 1.807) is 0 Å². The van der Waals surface area contributed by atoms with Crippen LogP contribution in [0, 0.1) is 18.3 Å². The number of anilines is 1. The number of hydrogen-bond acceptors (Lipinski definition) is 5. The van der Waals surface area contributed by atoms with Crippen LogP contribution in [-0.4, -0.2) is 13.9 Å². The molecular weight excluding hydrogens is 306 g/mol. The SMILES string of the molecule is Cc1ccc2c(c1)nc(CNc1snc(Cl)c1C#N)n2C. The van der Waals surface area contributed by atoms with Crippen molar-refractivity contribution in [1.82, 2.24) is 13.9 Å². The zero-order valence-corrected chi connectivity index (χ0v) is 13.1. The van der Waals surface area contributed by atoms with Gasteiger partial charge in [0.05, 0.1) is 17.6 Å². The summed E-state index contributed by atoms with van der Waals surface area (Å²) in [5.41, 5.74) is 3.62. The van der Waals surface area contributed by atoms with E-state index in [0.29, 0.717) is 17.1 Å². The van der Waals surface area contributed by atoms with Crippen molar-refractivity contribution in [3.63, 3.8) is 0 Å². The summed E-state index contributed by atoms with van der Waals surface area (Å²) in [6.07, 6.45) is 0. The lowest BCUT2D eigenvalue weighted by Crippen LogP contribution is -2.05. The summed E-state index contributed by atoms with van der Waals surface area (Å²) >= 11 is 7.04. The van der Waals surface area contributed by atoms with Crippen LogP contribution in [0.25, 0.3) is 11.0 Å². The van der Waals surface area contributed by atoms with Crippen molar-refractivity contribution >= 4 is 39.2 Å². The van der Waals surface area contributed by atoms with E-state index in [9.17, 15) is 0 Å². The summed E-state index contributed by atoms with van der Waals surface area (Å²) in [5.74, 6) is 0.893. The molecule has 2 heterocycles. The van der Waals surface area contributed by atoms with E-state index in [-0.39, 0.29) is 5.15 Å². The molecule has 0 amide bonds. The smallest absolute Gasteiger partial charge is 0.162 e. The van der Waals surface area contributed by atoms with Gasteiger partial charge in [-0.05, 0) is 36.2 Å². The molecule has 106 valence electrons. The molecule has 5 nitrogen and oxygen atoms in total. The highest BCUT2D eigenvalue weighted by molar-refractivity contribution is 7.10. The van der Waals surface area contributed by atoms with Crippen LogP contribution in [0.2, 0.25) is 5.15 Å². The Hall–Kier alpha value is -2.10. The molecule has 0 radical (unpaired) electrons. The van der Waals surface area contributed by atoms with Gasteiger partial charge in [-0.1, -0.05) is 17.7 Å².